The van der Waals surface area contributed by atoms with Crippen LogP contribution in [0.3, 0.4) is 0 Å². The predicted molar refractivity (Wildman–Crippen MR) is 104 cm³/mol. The Bertz CT molecular complexity index is 1060. The third-order valence-electron chi connectivity index (χ3n) is 4.32. The summed E-state index contributed by atoms with van der Waals surface area (Å²) < 4.78 is 1.69. The van der Waals surface area contributed by atoms with E-state index in [1.165, 1.54) is 11.8 Å². The van der Waals surface area contributed by atoms with Gasteiger partial charge in [-0.05, 0) is 42.0 Å². The molecule has 3 aromatic rings. The van der Waals surface area contributed by atoms with E-state index in [1.807, 2.05) is 18.4 Å². The van der Waals surface area contributed by atoms with Crippen molar-refractivity contribution in [3.05, 3.63) is 51.1 Å². The topological polar surface area (TPSA) is 59.3 Å². The van der Waals surface area contributed by atoms with Gasteiger partial charge in [0.15, 0.2) is 5.43 Å². The molecule has 0 aliphatic carbocycles. The summed E-state index contributed by atoms with van der Waals surface area (Å²) in [6, 6.07) is 8.99. The van der Waals surface area contributed by atoms with Crippen LogP contribution >= 0.6 is 23.4 Å². The number of benzene rings is 2. The number of thioether (sulfide) groups is 1. The van der Waals surface area contributed by atoms with Crippen molar-refractivity contribution < 1.29 is 9.90 Å². The van der Waals surface area contributed by atoms with Crippen molar-refractivity contribution in [2.75, 3.05) is 6.26 Å². The number of carboxylic acid groups (broad SMARTS) is 1. The number of aliphatic carboxylic acids is 1. The Labute approximate surface area is 154 Å². The Morgan fingerprint density at radius 2 is 1.92 bits per heavy atom. The highest BCUT2D eigenvalue weighted by Gasteiger charge is 2.18. The molecule has 3 rings (SSSR count). The zero-order valence-corrected chi connectivity index (χ0v) is 15.7. The smallest absolute Gasteiger partial charge is 0.323 e. The van der Waals surface area contributed by atoms with Crippen LogP contribution in [-0.4, -0.2) is 21.9 Å². The summed E-state index contributed by atoms with van der Waals surface area (Å²) in [6.07, 6.45) is 1.87. The van der Waals surface area contributed by atoms with E-state index in [0.29, 0.717) is 26.8 Å². The summed E-state index contributed by atoms with van der Waals surface area (Å²) in [6.45, 7) is 3.89. The molecule has 0 fully saturated rings. The lowest BCUT2D eigenvalue weighted by molar-refractivity contribution is -0.137. The Morgan fingerprint density at radius 3 is 2.52 bits per heavy atom. The molecule has 0 radical (unpaired) electrons. The van der Waals surface area contributed by atoms with Crippen molar-refractivity contribution in [3.63, 3.8) is 0 Å². The van der Waals surface area contributed by atoms with Crippen molar-refractivity contribution in [3.8, 4) is 0 Å². The zero-order chi connectivity index (χ0) is 18.3. The number of nitrogens with zero attached hydrogens (tertiary/aromatic N) is 1. The minimum atomic E-state index is -0.965. The van der Waals surface area contributed by atoms with E-state index in [1.54, 1.807) is 22.8 Å². The van der Waals surface area contributed by atoms with Crippen LogP contribution in [0, 0.1) is 0 Å². The molecule has 25 heavy (non-hydrogen) atoms. The second-order valence-electron chi connectivity index (χ2n) is 6.22. The molecule has 6 heteroatoms. The van der Waals surface area contributed by atoms with E-state index in [0.717, 1.165) is 10.5 Å². The van der Waals surface area contributed by atoms with Gasteiger partial charge in [-0.15, -0.1) is 11.8 Å². The number of fused-ring (bicyclic) bond motifs is 2. The minimum absolute atomic E-state index is 0.103. The molecule has 4 nitrogen and oxygen atoms in total. The first-order valence-corrected chi connectivity index (χ1v) is 9.50. The van der Waals surface area contributed by atoms with Crippen molar-refractivity contribution in [2.24, 2.45) is 0 Å². The van der Waals surface area contributed by atoms with Gasteiger partial charge in [-0.2, -0.15) is 0 Å². The molecule has 0 aliphatic heterocycles. The number of pyridine rings is 1. The van der Waals surface area contributed by atoms with Gasteiger partial charge in [-0.1, -0.05) is 31.5 Å². The molecule has 130 valence electrons. The number of carboxylic acids is 1. The Hall–Kier alpha value is -1.98. The van der Waals surface area contributed by atoms with E-state index in [4.69, 9.17) is 11.6 Å². The second-order valence-corrected chi connectivity index (χ2v) is 7.44. The lowest BCUT2D eigenvalue weighted by Gasteiger charge is -2.18. The predicted octanol–water partition coefficient (Wildman–Crippen LogP) is 4.74. The van der Waals surface area contributed by atoms with Crippen molar-refractivity contribution in [1.29, 1.82) is 0 Å². The summed E-state index contributed by atoms with van der Waals surface area (Å²) in [5, 5.41) is 10.9. The van der Waals surface area contributed by atoms with E-state index in [-0.39, 0.29) is 17.9 Å². The van der Waals surface area contributed by atoms with Crippen LogP contribution in [0.2, 0.25) is 5.02 Å². The number of halogens is 1. The van der Waals surface area contributed by atoms with Crippen molar-refractivity contribution in [1.82, 2.24) is 4.57 Å². The molecule has 0 spiro atoms. The van der Waals surface area contributed by atoms with Gasteiger partial charge in [0.2, 0.25) is 0 Å². The van der Waals surface area contributed by atoms with Gasteiger partial charge in [0.05, 0.1) is 21.0 Å². The minimum Gasteiger partial charge on any atom is -0.480 e. The van der Waals surface area contributed by atoms with Crippen LogP contribution in [0.15, 0.2) is 40.0 Å². The third kappa shape index (κ3) is 3.02. The van der Waals surface area contributed by atoms with Crippen LogP contribution in [-0.2, 0) is 11.3 Å². The van der Waals surface area contributed by atoms with Gasteiger partial charge in [-0.3, -0.25) is 9.59 Å². The van der Waals surface area contributed by atoms with Crippen LogP contribution < -0.4 is 5.43 Å². The normalized spacial score (nSPS) is 11.6. The Kier molecular flexibility index (Phi) is 4.80. The fourth-order valence-corrected chi connectivity index (χ4v) is 4.14. The van der Waals surface area contributed by atoms with Crippen LogP contribution in [0.25, 0.3) is 21.8 Å². The van der Waals surface area contributed by atoms with E-state index in [2.05, 4.69) is 13.8 Å². The number of carbonyl (C=O) groups is 1. The van der Waals surface area contributed by atoms with Gasteiger partial charge in [0, 0.05) is 10.8 Å². The fourth-order valence-electron chi connectivity index (χ4n) is 3.08. The summed E-state index contributed by atoms with van der Waals surface area (Å²) in [7, 11) is 0. The number of rotatable bonds is 4. The Balaban J connectivity index is 2.59. The second kappa shape index (κ2) is 6.73. The first-order valence-electron chi connectivity index (χ1n) is 7.89. The van der Waals surface area contributed by atoms with E-state index >= 15 is 0 Å². The van der Waals surface area contributed by atoms with Crippen LogP contribution in [0.5, 0.6) is 0 Å². The van der Waals surface area contributed by atoms with Gasteiger partial charge in [-0.25, -0.2) is 0 Å². The first-order chi connectivity index (χ1) is 11.8. The molecule has 0 aliphatic rings. The quantitative estimate of drug-likeness (QED) is 0.528. The Morgan fingerprint density at radius 1 is 1.24 bits per heavy atom. The lowest BCUT2D eigenvalue weighted by Crippen LogP contribution is -2.17. The van der Waals surface area contributed by atoms with E-state index < -0.39 is 5.97 Å². The lowest BCUT2D eigenvalue weighted by atomic mass is 10.00. The molecular formula is C19H18ClNO3S. The summed E-state index contributed by atoms with van der Waals surface area (Å²) >= 11 is 7.72. The molecule has 1 heterocycles. The largest absolute Gasteiger partial charge is 0.480 e. The van der Waals surface area contributed by atoms with Gasteiger partial charge in [0.25, 0.3) is 0 Å². The highest BCUT2D eigenvalue weighted by atomic mass is 35.5. The molecule has 0 amide bonds. The number of hydrogen-bond donors (Lipinski definition) is 1. The maximum absolute atomic E-state index is 13.0. The molecule has 1 aromatic heterocycles. The number of aromatic nitrogens is 1. The molecule has 0 unspecified atom stereocenters. The number of hydrogen-bond acceptors (Lipinski definition) is 3. The van der Waals surface area contributed by atoms with Gasteiger partial charge in [0.1, 0.15) is 6.54 Å². The molecule has 0 atom stereocenters. The highest BCUT2D eigenvalue weighted by Crippen LogP contribution is 2.34. The SMILES string of the molecule is CSc1c(Cl)ccc2c(=O)c3ccc(C(C)C)cc3n(CC(=O)O)c12. The molecule has 2 aromatic carbocycles. The van der Waals surface area contributed by atoms with Crippen molar-refractivity contribution in [2.45, 2.75) is 31.2 Å². The molecule has 0 saturated carbocycles. The maximum Gasteiger partial charge on any atom is 0.323 e. The third-order valence-corrected chi connectivity index (χ3v) is 5.57. The average Bonchev–Trinajstić information content (AvgIpc) is 2.57. The van der Waals surface area contributed by atoms with Gasteiger partial charge < -0.3 is 9.67 Å². The molecular weight excluding hydrogens is 358 g/mol. The zero-order valence-electron chi connectivity index (χ0n) is 14.2. The van der Waals surface area contributed by atoms with Crippen LogP contribution in [0.1, 0.15) is 25.3 Å². The van der Waals surface area contributed by atoms with Crippen LogP contribution in [0.4, 0.5) is 0 Å². The monoisotopic (exact) mass is 375 g/mol. The average molecular weight is 376 g/mol. The maximum atomic E-state index is 13.0. The molecule has 0 saturated heterocycles. The summed E-state index contributed by atoms with van der Waals surface area (Å²) in [5.74, 6) is -0.693. The molecule has 0 bridgehead atoms. The summed E-state index contributed by atoms with van der Waals surface area (Å²) in [4.78, 5) is 25.2. The van der Waals surface area contributed by atoms with E-state index in [9.17, 15) is 14.7 Å². The first kappa shape index (κ1) is 17.8. The standard InChI is InChI=1S/C19H18ClNO3S/c1-10(2)11-4-5-12-15(8-11)21(9-16(22)23)17-13(18(12)24)6-7-14(20)19(17)25-3/h4-8,10H,9H2,1-3H3,(H,22,23). The fraction of sp³-hybridized carbons (Fsp3) is 0.263. The van der Waals surface area contributed by atoms with Gasteiger partial charge >= 0.3 is 5.97 Å². The van der Waals surface area contributed by atoms with Crippen molar-refractivity contribution >= 4 is 51.1 Å². The highest BCUT2D eigenvalue weighted by molar-refractivity contribution is 7.99. The summed E-state index contributed by atoms with van der Waals surface area (Å²) in [5.41, 5.74) is 2.16. The molecule has 1 N–H and O–H groups in total.